The van der Waals surface area contributed by atoms with Gasteiger partial charge >= 0.3 is 5.97 Å². The molecule has 1 amide bonds. The summed E-state index contributed by atoms with van der Waals surface area (Å²) in [6, 6.07) is 5.72. The summed E-state index contributed by atoms with van der Waals surface area (Å²) >= 11 is 0. The predicted molar refractivity (Wildman–Crippen MR) is 92.2 cm³/mol. The minimum Gasteiger partial charge on any atom is -0.478 e. The molecule has 2 aliphatic rings. The number of carboxylic acid groups (broad SMARTS) is 1. The van der Waals surface area contributed by atoms with Gasteiger partial charge in [0, 0.05) is 44.8 Å². The first-order valence-electron chi connectivity index (χ1n) is 8.35. The Morgan fingerprint density at radius 1 is 0.846 bits per heavy atom. The van der Waals surface area contributed by atoms with Crippen molar-refractivity contribution in [2.75, 3.05) is 52.5 Å². The van der Waals surface area contributed by atoms with Crippen LogP contribution in [0.1, 0.15) is 20.7 Å². The van der Waals surface area contributed by atoms with Crippen LogP contribution in [-0.2, 0) is 14.9 Å². The van der Waals surface area contributed by atoms with Crippen LogP contribution in [0.3, 0.4) is 0 Å². The number of piperazine rings is 1. The van der Waals surface area contributed by atoms with E-state index in [1.807, 2.05) is 0 Å². The van der Waals surface area contributed by atoms with Crippen LogP contribution < -0.4 is 0 Å². The van der Waals surface area contributed by atoms with Gasteiger partial charge in [0.15, 0.2) is 0 Å². The maximum Gasteiger partial charge on any atom is 0.335 e. The van der Waals surface area contributed by atoms with Crippen molar-refractivity contribution in [2.45, 2.75) is 0 Å². The zero-order valence-corrected chi connectivity index (χ0v) is 15.0. The summed E-state index contributed by atoms with van der Waals surface area (Å²) in [5, 5.41) is 8.91. The summed E-state index contributed by atoms with van der Waals surface area (Å²) < 4.78 is 33.3. The fraction of sp³-hybridized carbons (Fsp3) is 0.500. The van der Waals surface area contributed by atoms with E-state index in [1.54, 1.807) is 4.90 Å². The number of rotatable bonds is 4. The number of ether oxygens (including phenoxy) is 1. The molecule has 142 valence electrons. The number of carbonyl (C=O) groups is 2. The lowest BCUT2D eigenvalue weighted by Gasteiger charge is -2.37. The highest BCUT2D eigenvalue weighted by Crippen LogP contribution is 2.16. The van der Waals surface area contributed by atoms with Gasteiger partial charge in [-0.1, -0.05) is 0 Å². The standard InChI is InChI=1S/C16H21N3O6S/c20-15(13-1-3-14(4-2-13)16(21)22)17-5-7-18(8-6-17)26(23,24)19-9-11-25-12-10-19/h1-4H,5-12H2,(H,21,22). The number of morpholine rings is 1. The summed E-state index contributed by atoms with van der Waals surface area (Å²) in [6.45, 7) is 2.53. The Morgan fingerprint density at radius 3 is 1.88 bits per heavy atom. The number of hydrogen-bond donors (Lipinski definition) is 1. The van der Waals surface area contributed by atoms with Crippen LogP contribution >= 0.6 is 0 Å². The molecule has 9 nitrogen and oxygen atoms in total. The highest BCUT2D eigenvalue weighted by molar-refractivity contribution is 7.86. The molecule has 0 radical (unpaired) electrons. The van der Waals surface area contributed by atoms with Crippen molar-refractivity contribution in [3.8, 4) is 0 Å². The number of aromatic carboxylic acids is 1. The second kappa shape index (κ2) is 7.70. The van der Waals surface area contributed by atoms with E-state index in [9.17, 15) is 18.0 Å². The van der Waals surface area contributed by atoms with Crippen molar-refractivity contribution in [3.63, 3.8) is 0 Å². The third-order valence-electron chi connectivity index (χ3n) is 4.53. The largest absolute Gasteiger partial charge is 0.478 e. The molecule has 0 aliphatic carbocycles. The van der Waals surface area contributed by atoms with Crippen molar-refractivity contribution < 1.29 is 27.9 Å². The number of carboxylic acids is 1. The Morgan fingerprint density at radius 2 is 1.35 bits per heavy atom. The molecule has 1 N–H and O–H groups in total. The van der Waals surface area contributed by atoms with Gasteiger partial charge in [-0.25, -0.2) is 4.79 Å². The van der Waals surface area contributed by atoms with Crippen LogP contribution in [0, 0.1) is 0 Å². The normalized spacial score (nSPS) is 20.1. The minimum atomic E-state index is -3.53. The number of benzene rings is 1. The quantitative estimate of drug-likeness (QED) is 0.766. The molecule has 2 saturated heterocycles. The van der Waals surface area contributed by atoms with E-state index in [0.29, 0.717) is 45.0 Å². The summed E-state index contributed by atoms with van der Waals surface area (Å²) in [4.78, 5) is 25.0. The van der Waals surface area contributed by atoms with Crippen molar-refractivity contribution in [2.24, 2.45) is 0 Å². The minimum absolute atomic E-state index is 0.114. The fourth-order valence-corrected chi connectivity index (χ4v) is 4.56. The summed E-state index contributed by atoms with van der Waals surface area (Å²) in [5.74, 6) is -1.28. The van der Waals surface area contributed by atoms with E-state index in [4.69, 9.17) is 9.84 Å². The lowest BCUT2D eigenvalue weighted by atomic mass is 10.1. The second-order valence-corrected chi connectivity index (χ2v) is 8.02. The Balaban J connectivity index is 1.60. The van der Waals surface area contributed by atoms with Gasteiger partial charge in [-0.15, -0.1) is 0 Å². The van der Waals surface area contributed by atoms with Crippen LogP contribution in [0.15, 0.2) is 24.3 Å². The van der Waals surface area contributed by atoms with Gasteiger partial charge in [-0.05, 0) is 24.3 Å². The van der Waals surface area contributed by atoms with Gasteiger partial charge in [0.05, 0.1) is 18.8 Å². The first-order chi connectivity index (χ1) is 12.4. The maximum absolute atomic E-state index is 12.6. The van der Waals surface area contributed by atoms with Gasteiger partial charge in [0.2, 0.25) is 0 Å². The Labute approximate surface area is 151 Å². The molecule has 0 saturated carbocycles. The molecule has 0 atom stereocenters. The van der Waals surface area contributed by atoms with Gasteiger partial charge in [-0.3, -0.25) is 4.79 Å². The average Bonchev–Trinajstić information content (AvgIpc) is 2.68. The predicted octanol–water partition coefficient (Wildman–Crippen LogP) is -0.280. The van der Waals surface area contributed by atoms with E-state index in [-0.39, 0.29) is 24.6 Å². The molecule has 26 heavy (non-hydrogen) atoms. The van der Waals surface area contributed by atoms with E-state index < -0.39 is 16.2 Å². The Hall–Kier alpha value is -2.01. The average molecular weight is 383 g/mol. The lowest BCUT2D eigenvalue weighted by Crippen LogP contribution is -2.55. The lowest BCUT2D eigenvalue weighted by molar-refractivity contribution is 0.0635. The molecule has 2 aliphatic heterocycles. The molecule has 3 rings (SSSR count). The van der Waals surface area contributed by atoms with Gasteiger partial charge in [-0.2, -0.15) is 17.0 Å². The van der Waals surface area contributed by atoms with Gasteiger partial charge < -0.3 is 14.7 Å². The smallest absolute Gasteiger partial charge is 0.335 e. The number of carbonyl (C=O) groups excluding carboxylic acids is 1. The topological polar surface area (TPSA) is 107 Å². The zero-order chi connectivity index (χ0) is 18.7. The number of hydrogen-bond acceptors (Lipinski definition) is 5. The monoisotopic (exact) mass is 383 g/mol. The molecule has 0 bridgehead atoms. The van der Waals surface area contributed by atoms with Crippen LogP contribution in [0.4, 0.5) is 0 Å². The van der Waals surface area contributed by atoms with Crippen molar-refractivity contribution >= 4 is 22.1 Å². The molecule has 1 aromatic carbocycles. The fourth-order valence-electron chi connectivity index (χ4n) is 3.00. The third-order valence-corrected chi connectivity index (χ3v) is 6.56. The molecule has 10 heteroatoms. The van der Waals surface area contributed by atoms with E-state index >= 15 is 0 Å². The first kappa shape index (κ1) is 18.8. The van der Waals surface area contributed by atoms with E-state index in [1.165, 1.54) is 32.9 Å². The number of amides is 1. The zero-order valence-electron chi connectivity index (χ0n) is 14.2. The van der Waals surface area contributed by atoms with E-state index in [2.05, 4.69) is 0 Å². The second-order valence-electron chi connectivity index (χ2n) is 6.09. The molecule has 1 aromatic rings. The van der Waals surface area contributed by atoms with Crippen LogP contribution in [0.5, 0.6) is 0 Å². The van der Waals surface area contributed by atoms with Crippen molar-refractivity contribution in [1.82, 2.24) is 13.5 Å². The molecular formula is C16H21N3O6S. The maximum atomic E-state index is 12.6. The number of nitrogens with zero attached hydrogens (tertiary/aromatic N) is 3. The molecular weight excluding hydrogens is 362 g/mol. The third kappa shape index (κ3) is 3.88. The summed E-state index contributed by atoms with van der Waals surface area (Å²) in [5.41, 5.74) is 0.502. The van der Waals surface area contributed by atoms with Gasteiger partial charge in [0.25, 0.3) is 16.1 Å². The Bertz CT molecular complexity index is 766. The molecule has 0 aromatic heterocycles. The highest BCUT2D eigenvalue weighted by Gasteiger charge is 2.34. The molecule has 2 fully saturated rings. The SMILES string of the molecule is O=C(O)c1ccc(C(=O)N2CCN(S(=O)(=O)N3CCOCC3)CC2)cc1. The van der Waals surface area contributed by atoms with Crippen LogP contribution in [-0.4, -0.2) is 91.4 Å². The summed E-state index contributed by atoms with van der Waals surface area (Å²) in [6.07, 6.45) is 0. The molecule has 0 spiro atoms. The van der Waals surface area contributed by atoms with E-state index in [0.717, 1.165) is 0 Å². The Kier molecular flexibility index (Phi) is 5.56. The van der Waals surface area contributed by atoms with Gasteiger partial charge in [0.1, 0.15) is 0 Å². The first-order valence-corrected chi connectivity index (χ1v) is 9.75. The highest BCUT2D eigenvalue weighted by atomic mass is 32.2. The van der Waals surface area contributed by atoms with Crippen molar-refractivity contribution in [1.29, 1.82) is 0 Å². The van der Waals surface area contributed by atoms with Crippen LogP contribution in [0.25, 0.3) is 0 Å². The van der Waals surface area contributed by atoms with Crippen LogP contribution in [0.2, 0.25) is 0 Å². The molecule has 2 heterocycles. The molecule has 0 unspecified atom stereocenters. The summed E-state index contributed by atoms with van der Waals surface area (Å²) in [7, 11) is -3.53. The van der Waals surface area contributed by atoms with Crippen molar-refractivity contribution in [3.05, 3.63) is 35.4 Å².